The summed E-state index contributed by atoms with van der Waals surface area (Å²) in [5.41, 5.74) is -1.10. The molecule has 0 amide bonds. The maximum atomic E-state index is 13.3. The van der Waals surface area contributed by atoms with Gasteiger partial charge in [-0.3, -0.25) is 4.79 Å². The minimum atomic E-state index is -4.71. The summed E-state index contributed by atoms with van der Waals surface area (Å²) < 4.78 is 39.8. The van der Waals surface area contributed by atoms with Gasteiger partial charge in [-0.25, -0.2) is 4.98 Å². The molecule has 0 fully saturated rings. The summed E-state index contributed by atoms with van der Waals surface area (Å²) in [5, 5.41) is 17.7. The Hall–Kier alpha value is -2.53. The van der Waals surface area contributed by atoms with Crippen LogP contribution in [-0.4, -0.2) is 21.8 Å². The summed E-state index contributed by atoms with van der Waals surface area (Å²) in [7, 11) is 0. The first-order valence-corrected chi connectivity index (χ1v) is 7.74. The Morgan fingerprint density at radius 2 is 1.96 bits per heavy atom. The summed E-state index contributed by atoms with van der Waals surface area (Å²) in [4.78, 5) is 14.7. The van der Waals surface area contributed by atoms with E-state index in [1.54, 1.807) is 30.3 Å². The Morgan fingerprint density at radius 3 is 2.50 bits per heavy atom. The molecule has 0 radical (unpaired) electrons. The molecule has 1 aromatic carbocycles. The van der Waals surface area contributed by atoms with Gasteiger partial charge in [0.2, 0.25) is 0 Å². The molecule has 2 rings (SSSR count). The molecule has 0 atom stereocenters. The number of alkyl halides is 3. The first-order valence-electron chi connectivity index (χ1n) is 6.75. The molecule has 0 aliphatic carbocycles. The van der Waals surface area contributed by atoms with Gasteiger partial charge in [0.15, 0.2) is 0 Å². The second-order valence-corrected chi connectivity index (χ2v) is 5.79. The van der Waals surface area contributed by atoms with Gasteiger partial charge < -0.3 is 5.11 Å². The predicted octanol–water partition coefficient (Wildman–Crippen LogP) is 4.21. The number of aromatic nitrogens is 1. The van der Waals surface area contributed by atoms with E-state index in [0.29, 0.717) is 5.56 Å². The largest absolute Gasteiger partial charge is 0.481 e. The van der Waals surface area contributed by atoms with Gasteiger partial charge in [0.25, 0.3) is 0 Å². The van der Waals surface area contributed by atoms with Crippen LogP contribution < -0.4 is 0 Å². The molecule has 1 N–H and O–H groups in total. The molecule has 8 heteroatoms. The quantitative estimate of drug-likeness (QED) is 0.816. The number of nitriles is 1. The molecule has 1 aromatic heterocycles. The lowest BCUT2D eigenvalue weighted by molar-refractivity contribution is -0.138. The van der Waals surface area contributed by atoms with Gasteiger partial charge in [-0.15, -0.1) is 11.8 Å². The van der Waals surface area contributed by atoms with E-state index in [-0.39, 0.29) is 22.9 Å². The van der Waals surface area contributed by atoms with E-state index in [2.05, 4.69) is 4.98 Å². The van der Waals surface area contributed by atoms with Crippen LogP contribution in [0.5, 0.6) is 0 Å². The SMILES string of the molecule is N#Cc1c(C(F)(F)F)cc(-c2ccccc2)nc1SCCC(=O)O. The van der Waals surface area contributed by atoms with Crippen molar-refractivity contribution < 1.29 is 23.1 Å². The van der Waals surface area contributed by atoms with E-state index < -0.39 is 23.3 Å². The van der Waals surface area contributed by atoms with E-state index in [0.717, 1.165) is 17.8 Å². The zero-order valence-electron chi connectivity index (χ0n) is 12.2. The molecule has 0 aliphatic rings. The Kier molecular flexibility index (Phi) is 5.46. The number of carboxylic acids is 1. The van der Waals surface area contributed by atoms with E-state index >= 15 is 0 Å². The Bertz CT molecular complexity index is 786. The Labute approximate surface area is 140 Å². The zero-order valence-corrected chi connectivity index (χ0v) is 13.0. The van der Waals surface area contributed by atoms with Crippen molar-refractivity contribution >= 4 is 17.7 Å². The fourth-order valence-electron chi connectivity index (χ4n) is 1.95. The summed E-state index contributed by atoms with van der Waals surface area (Å²) in [6.07, 6.45) is -4.95. The minimum Gasteiger partial charge on any atom is -0.481 e. The highest BCUT2D eigenvalue weighted by atomic mass is 32.2. The van der Waals surface area contributed by atoms with Gasteiger partial charge in [-0.05, 0) is 6.07 Å². The molecule has 0 aliphatic heterocycles. The lowest BCUT2D eigenvalue weighted by atomic mass is 10.1. The van der Waals surface area contributed by atoms with Crippen LogP contribution in [-0.2, 0) is 11.0 Å². The Balaban J connectivity index is 2.54. The van der Waals surface area contributed by atoms with Gasteiger partial charge in [-0.1, -0.05) is 30.3 Å². The average molecular weight is 352 g/mol. The molecule has 1 heterocycles. The predicted molar refractivity (Wildman–Crippen MR) is 82.4 cm³/mol. The molecule has 0 spiro atoms. The number of benzene rings is 1. The highest BCUT2D eigenvalue weighted by Gasteiger charge is 2.36. The van der Waals surface area contributed by atoms with Crippen molar-refractivity contribution in [2.45, 2.75) is 17.6 Å². The Morgan fingerprint density at radius 1 is 1.29 bits per heavy atom. The van der Waals surface area contributed by atoms with Crippen molar-refractivity contribution in [2.75, 3.05) is 5.75 Å². The van der Waals surface area contributed by atoms with Crippen molar-refractivity contribution in [2.24, 2.45) is 0 Å². The molecule has 0 bridgehead atoms. The molecule has 2 aromatic rings. The normalized spacial score (nSPS) is 11.1. The molecular weight excluding hydrogens is 341 g/mol. The van der Waals surface area contributed by atoms with Crippen molar-refractivity contribution in [3.8, 4) is 17.3 Å². The minimum absolute atomic E-state index is 0.0204. The van der Waals surface area contributed by atoms with Gasteiger partial charge >= 0.3 is 12.1 Å². The van der Waals surface area contributed by atoms with Gasteiger partial charge in [0, 0.05) is 11.3 Å². The van der Waals surface area contributed by atoms with Gasteiger partial charge in [0.05, 0.1) is 23.2 Å². The number of nitrogens with zero attached hydrogens (tertiary/aromatic N) is 2. The van der Waals surface area contributed by atoms with Gasteiger partial charge in [-0.2, -0.15) is 18.4 Å². The van der Waals surface area contributed by atoms with Crippen LogP contribution in [0.2, 0.25) is 0 Å². The van der Waals surface area contributed by atoms with Crippen LogP contribution in [0.3, 0.4) is 0 Å². The van der Waals surface area contributed by atoms with Crippen molar-refractivity contribution in [1.82, 2.24) is 4.98 Å². The van der Waals surface area contributed by atoms with Crippen LogP contribution in [0, 0.1) is 11.3 Å². The van der Waals surface area contributed by atoms with Crippen LogP contribution in [0.15, 0.2) is 41.4 Å². The molecule has 0 saturated heterocycles. The number of rotatable bonds is 5. The van der Waals surface area contributed by atoms with Crippen LogP contribution in [0.1, 0.15) is 17.5 Å². The number of aliphatic carboxylic acids is 1. The van der Waals surface area contributed by atoms with Gasteiger partial charge in [0.1, 0.15) is 11.1 Å². The molecule has 24 heavy (non-hydrogen) atoms. The number of pyridine rings is 1. The van der Waals surface area contributed by atoms with Crippen molar-refractivity contribution in [3.05, 3.63) is 47.5 Å². The fourth-order valence-corrected chi connectivity index (χ4v) is 2.88. The molecule has 124 valence electrons. The topological polar surface area (TPSA) is 74.0 Å². The molecule has 0 saturated carbocycles. The maximum Gasteiger partial charge on any atom is 0.417 e. The van der Waals surface area contributed by atoms with E-state index in [9.17, 15) is 18.0 Å². The molecule has 4 nitrogen and oxygen atoms in total. The van der Waals surface area contributed by atoms with E-state index in [4.69, 9.17) is 10.4 Å². The average Bonchev–Trinajstić information content (AvgIpc) is 2.53. The zero-order chi connectivity index (χ0) is 17.7. The number of thioether (sulfide) groups is 1. The number of carboxylic acid groups (broad SMARTS) is 1. The standard InChI is InChI=1S/C16H11F3N2O2S/c17-16(18,19)12-8-13(10-4-2-1-3-5-10)21-15(11(12)9-20)24-7-6-14(22)23/h1-5,8H,6-7H2,(H,22,23). The monoisotopic (exact) mass is 352 g/mol. The number of hydrogen-bond acceptors (Lipinski definition) is 4. The van der Waals surface area contributed by atoms with E-state index in [1.165, 1.54) is 6.07 Å². The highest BCUT2D eigenvalue weighted by Crippen LogP contribution is 2.37. The second kappa shape index (κ2) is 7.36. The van der Waals surface area contributed by atoms with Crippen LogP contribution in [0.25, 0.3) is 11.3 Å². The van der Waals surface area contributed by atoms with E-state index in [1.807, 2.05) is 0 Å². The van der Waals surface area contributed by atoms with Crippen LogP contribution >= 0.6 is 11.8 Å². The summed E-state index contributed by atoms with van der Waals surface area (Å²) in [5.74, 6) is -1.05. The maximum absolute atomic E-state index is 13.3. The number of halogens is 3. The first-order chi connectivity index (χ1) is 11.3. The smallest absolute Gasteiger partial charge is 0.417 e. The third-order valence-electron chi connectivity index (χ3n) is 3.03. The van der Waals surface area contributed by atoms with Crippen molar-refractivity contribution in [3.63, 3.8) is 0 Å². The van der Waals surface area contributed by atoms with Crippen molar-refractivity contribution in [1.29, 1.82) is 5.26 Å². The lowest BCUT2D eigenvalue weighted by Gasteiger charge is -2.14. The lowest BCUT2D eigenvalue weighted by Crippen LogP contribution is -2.11. The summed E-state index contributed by atoms with van der Waals surface area (Å²) in [6, 6.07) is 10.7. The summed E-state index contributed by atoms with van der Waals surface area (Å²) in [6.45, 7) is 0. The second-order valence-electron chi connectivity index (χ2n) is 4.70. The third kappa shape index (κ3) is 4.26. The summed E-state index contributed by atoms with van der Waals surface area (Å²) >= 11 is 0.825. The first kappa shape index (κ1) is 17.8. The van der Waals surface area contributed by atoms with Crippen LogP contribution in [0.4, 0.5) is 13.2 Å². The third-order valence-corrected chi connectivity index (χ3v) is 4.00. The fraction of sp³-hybridized carbons (Fsp3) is 0.188. The molecule has 0 unspecified atom stereocenters. The molecular formula is C16H11F3N2O2S. The number of hydrogen-bond donors (Lipinski definition) is 1. The highest BCUT2D eigenvalue weighted by molar-refractivity contribution is 7.99. The number of carbonyl (C=O) groups is 1.